The van der Waals surface area contributed by atoms with Gasteiger partial charge in [0.1, 0.15) is 17.0 Å². The quantitative estimate of drug-likeness (QED) is 0.774. The Kier molecular flexibility index (Phi) is 3.19. The molecule has 0 fully saturated rings. The van der Waals surface area contributed by atoms with E-state index in [-0.39, 0.29) is 5.56 Å². The van der Waals surface area contributed by atoms with Crippen LogP contribution in [-0.2, 0) is 0 Å². The predicted molar refractivity (Wildman–Crippen MR) is 78.4 cm³/mol. The lowest BCUT2D eigenvalue weighted by Gasteiger charge is -2.07. The molecule has 1 N–H and O–H groups in total. The van der Waals surface area contributed by atoms with Crippen LogP contribution in [0.25, 0.3) is 5.65 Å². The van der Waals surface area contributed by atoms with Gasteiger partial charge in [0.05, 0.1) is 0 Å². The fourth-order valence-corrected chi connectivity index (χ4v) is 1.97. The van der Waals surface area contributed by atoms with Crippen LogP contribution in [0.5, 0.6) is 0 Å². The first-order valence-electron chi connectivity index (χ1n) is 6.36. The molecule has 0 saturated heterocycles. The van der Waals surface area contributed by atoms with E-state index in [4.69, 9.17) is 0 Å². The number of anilines is 1. The Morgan fingerprint density at radius 2 is 2.05 bits per heavy atom. The summed E-state index contributed by atoms with van der Waals surface area (Å²) in [5, 5.41) is 2.63. The van der Waals surface area contributed by atoms with E-state index in [1.165, 1.54) is 10.6 Å². The lowest BCUT2D eigenvalue weighted by atomic mass is 10.2. The molecule has 104 valence electrons. The van der Waals surface area contributed by atoms with Crippen LogP contribution in [0.3, 0.4) is 0 Å². The highest BCUT2D eigenvalue weighted by Crippen LogP contribution is 2.10. The summed E-state index contributed by atoms with van der Waals surface area (Å²) in [7, 11) is 0. The molecule has 6 heteroatoms. The third kappa shape index (κ3) is 2.38. The predicted octanol–water partition coefficient (Wildman–Crippen LogP) is 1.65. The minimum absolute atomic E-state index is 0.0243. The third-order valence-electron chi connectivity index (χ3n) is 3.10. The zero-order valence-electron chi connectivity index (χ0n) is 11.3. The van der Waals surface area contributed by atoms with E-state index in [1.54, 1.807) is 36.7 Å². The number of pyridine rings is 2. The Morgan fingerprint density at radius 1 is 1.19 bits per heavy atom. The van der Waals surface area contributed by atoms with E-state index >= 15 is 0 Å². The van der Waals surface area contributed by atoms with Crippen LogP contribution < -0.4 is 10.9 Å². The van der Waals surface area contributed by atoms with Crippen LogP contribution in [0, 0.1) is 6.92 Å². The molecule has 3 aromatic heterocycles. The number of carbonyl (C=O) groups excluding carboxylic acids is 1. The monoisotopic (exact) mass is 280 g/mol. The number of carbonyl (C=O) groups is 1. The molecule has 1 amide bonds. The molecule has 0 bridgehead atoms. The van der Waals surface area contributed by atoms with Crippen molar-refractivity contribution in [2.45, 2.75) is 6.92 Å². The largest absolute Gasteiger partial charge is 0.306 e. The van der Waals surface area contributed by atoms with Gasteiger partial charge in [-0.3, -0.25) is 14.0 Å². The summed E-state index contributed by atoms with van der Waals surface area (Å²) < 4.78 is 1.33. The molecular formula is C15H12N4O2. The highest BCUT2D eigenvalue weighted by atomic mass is 16.2. The molecule has 0 unspecified atom stereocenters. The number of nitrogens with zero attached hydrogens (tertiary/aromatic N) is 3. The maximum Gasteiger partial charge on any atom is 0.270 e. The smallest absolute Gasteiger partial charge is 0.270 e. The normalized spacial score (nSPS) is 10.5. The maximum absolute atomic E-state index is 12.3. The summed E-state index contributed by atoms with van der Waals surface area (Å²) >= 11 is 0. The molecule has 0 radical (unpaired) electrons. The topological polar surface area (TPSA) is 76.4 Å². The minimum atomic E-state index is -0.521. The minimum Gasteiger partial charge on any atom is -0.306 e. The Hall–Kier alpha value is -3.02. The van der Waals surface area contributed by atoms with Gasteiger partial charge in [-0.15, -0.1) is 0 Å². The highest BCUT2D eigenvalue weighted by molar-refractivity contribution is 6.03. The van der Waals surface area contributed by atoms with Gasteiger partial charge in [0.15, 0.2) is 0 Å². The molecular weight excluding hydrogens is 268 g/mol. The number of amides is 1. The first-order valence-corrected chi connectivity index (χ1v) is 6.36. The number of aryl methyl sites for hydroxylation is 1. The number of nitrogens with one attached hydrogen (secondary N) is 1. The number of hydrogen-bond acceptors (Lipinski definition) is 4. The fourth-order valence-electron chi connectivity index (χ4n) is 1.97. The van der Waals surface area contributed by atoms with Gasteiger partial charge in [0, 0.05) is 18.6 Å². The van der Waals surface area contributed by atoms with Crippen LogP contribution in [0.1, 0.15) is 15.9 Å². The van der Waals surface area contributed by atoms with E-state index < -0.39 is 11.5 Å². The van der Waals surface area contributed by atoms with Gasteiger partial charge in [-0.05, 0) is 30.7 Å². The summed E-state index contributed by atoms with van der Waals surface area (Å²) in [5.41, 5.74) is 0.878. The lowest BCUT2D eigenvalue weighted by molar-refractivity contribution is 0.102. The van der Waals surface area contributed by atoms with E-state index in [9.17, 15) is 9.59 Å². The number of fused-ring (bicyclic) bond motifs is 1. The summed E-state index contributed by atoms with van der Waals surface area (Å²) in [4.78, 5) is 32.7. The maximum atomic E-state index is 12.3. The third-order valence-corrected chi connectivity index (χ3v) is 3.10. The Morgan fingerprint density at radius 3 is 2.86 bits per heavy atom. The standard InChI is InChI=1S/C15H12N4O2/c1-10-5-4-7-16-13(10)18-14(20)11-9-17-12-6-2-3-8-19(12)15(11)21/h2-9H,1H3,(H,16,18,20). The average Bonchev–Trinajstić information content (AvgIpc) is 2.50. The van der Waals surface area contributed by atoms with E-state index in [0.717, 1.165) is 5.56 Å². The molecule has 6 nitrogen and oxygen atoms in total. The second-order valence-corrected chi connectivity index (χ2v) is 4.53. The van der Waals surface area contributed by atoms with E-state index in [0.29, 0.717) is 11.5 Å². The van der Waals surface area contributed by atoms with Crippen LogP contribution in [0.2, 0.25) is 0 Å². The van der Waals surface area contributed by atoms with Crippen LogP contribution in [0.15, 0.2) is 53.7 Å². The summed E-state index contributed by atoms with van der Waals surface area (Å²) in [6, 6.07) is 8.79. The number of aromatic nitrogens is 3. The molecule has 3 aromatic rings. The van der Waals surface area contributed by atoms with E-state index in [2.05, 4.69) is 15.3 Å². The van der Waals surface area contributed by atoms with Gasteiger partial charge in [-0.1, -0.05) is 12.1 Å². The second kappa shape index (κ2) is 5.16. The van der Waals surface area contributed by atoms with Crippen molar-refractivity contribution in [2.75, 3.05) is 5.32 Å². The lowest BCUT2D eigenvalue weighted by Crippen LogP contribution is -2.27. The fraction of sp³-hybridized carbons (Fsp3) is 0.0667. The van der Waals surface area contributed by atoms with Crippen LogP contribution in [0.4, 0.5) is 5.82 Å². The molecule has 0 spiro atoms. The van der Waals surface area contributed by atoms with Crippen molar-refractivity contribution in [2.24, 2.45) is 0 Å². The van der Waals surface area contributed by atoms with Gasteiger partial charge in [-0.2, -0.15) is 0 Å². The van der Waals surface area contributed by atoms with Gasteiger partial charge in [0.25, 0.3) is 11.5 Å². The van der Waals surface area contributed by atoms with Gasteiger partial charge in [0.2, 0.25) is 0 Å². The zero-order valence-corrected chi connectivity index (χ0v) is 11.3. The number of hydrogen-bond donors (Lipinski definition) is 1. The molecule has 0 saturated carbocycles. The van der Waals surface area contributed by atoms with Crippen LogP contribution in [-0.4, -0.2) is 20.3 Å². The highest BCUT2D eigenvalue weighted by Gasteiger charge is 2.14. The van der Waals surface area contributed by atoms with Crippen LogP contribution >= 0.6 is 0 Å². The molecule has 0 aliphatic heterocycles. The molecule has 21 heavy (non-hydrogen) atoms. The molecule has 0 aliphatic carbocycles. The van der Waals surface area contributed by atoms with Crippen molar-refractivity contribution in [1.82, 2.24) is 14.4 Å². The van der Waals surface area contributed by atoms with Crippen molar-refractivity contribution in [3.63, 3.8) is 0 Å². The first kappa shape index (κ1) is 13.0. The first-order chi connectivity index (χ1) is 10.2. The molecule has 3 heterocycles. The van der Waals surface area contributed by atoms with Crippen molar-refractivity contribution >= 4 is 17.4 Å². The van der Waals surface area contributed by atoms with Gasteiger partial charge >= 0.3 is 0 Å². The van der Waals surface area contributed by atoms with Crippen molar-refractivity contribution < 1.29 is 4.79 Å². The SMILES string of the molecule is Cc1cccnc1NC(=O)c1cnc2ccccn2c1=O. The summed E-state index contributed by atoms with van der Waals surface area (Å²) in [6.45, 7) is 1.83. The molecule has 0 atom stereocenters. The molecule has 0 aliphatic rings. The Balaban J connectivity index is 2.01. The average molecular weight is 280 g/mol. The summed E-state index contributed by atoms with van der Waals surface area (Å²) in [6.07, 6.45) is 4.44. The van der Waals surface area contributed by atoms with Crippen molar-refractivity contribution in [3.05, 3.63) is 70.4 Å². The van der Waals surface area contributed by atoms with Gasteiger partial charge < -0.3 is 5.32 Å². The van der Waals surface area contributed by atoms with Crippen molar-refractivity contribution in [1.29, 1.82) is 0 Å². The Bertz CT molecular complexity index is 886. The van der Waals surface area contributed by atoms with Crippen molar-refractivity contribution in [3.8, 4) is 0 Å². The molecule has 3 rings (SSSR count). The van der Waals surface area contributed by atoms with E-state index in [1.807, 2.05) is 13.0 Å². The summed E-state index contributed by atoms with van der Waals surface area (Å²) in [5.74, 6) is -0.0902. The number of rotatable bonds is 2. The Labute approximate surface area is 120 Å². The second-order valence-electron chi connectivity index (χ2n) is 4.53. The molecule has 0 aromatic carbocycles. The zero-order chi connectivity index (χ0) is 14.8. The van der Waals surface area contributed by atoms with Gasteiger partial charge in [-0.25, -0.2) is 9.97 Å².